The molecule has 8 nitrogen and oxygen atoms in total. The Morgan fingerprint density at radius 3 is 2.24 bits per heavy atom. The van der Waals surface area contributed by atoms with Crippen molar-refractivity contribution in [2.75, 3.05) is 18.0 Å². The van der Waals surface area contributed by atoms with Gasteiger partial charge in [0.05, 0.1) is 17.7 Å². The summed E-state index contributed by atoms with van der Waals surface area (Å²) in [6, 6.07) is 18.5. The highest BCUT2D eigenvalue weighted by molar-refractivity contribution is 7.92. The number of halogens is 2. The second kappa shape index (κ2) is 13.6. The standard InChI is InChI=1S/C30H33Cl2N3O5S/c1-21(30(37)33-25-8-6-7-9-25)34(19-22-12-14-23(31)15-13-22)29(36)20-35(27-18-24(32)16-17-28(27)40-2)41(38,39)26-10-4-3-5-11-26/h3-5,10-18,21,25H,6-9,19-20H2,1-2H3,(H,33,37). The molecule has 1 aliphatic rings. The Morgan fingerprint density at radius 1 is 0.976 bits per heavy atom. The summed E-state index contributed by atoms with van der Waals surface area (Å²) in [6.45, 7) is 1.12. The number of carbonyl (C=O) groups excluding carboxylic acids is 2. The second-order valence-corrected chi connectivity index (χ2v) is 12.7. The summed E-state index contributed by atoms with van der Waals surface area (Å²) >= 11 is 12.3. The Balaban J connectivity index is 1.72. The zero-order chi connectivity index (χ0) is 29.6. The smallest absolute Gasteiger partial charge is 0.264 e. The van der Waals surface area contributed by atoms with Crippen LogP contribution in [0, 0.1) is 0 Å². The third-order valence-corrected chi connectivity index (χ3v) is 9.42. The van der Waals surface area contributed by atoms with Gasteiger partial charge in [0.25, 0.3) is 10.0 Å². The van der Waals surface area contributed by atoms with E-state index in [1.54, 1.807) is 61.5 Å². The number of nitrogens with one attached hydrogen (secondary N) is 1. The van der Waals surface area contributed by atoms with Crippen molar-refractivity contribution in [3.8, 4) is 5.75 Å². The molecule has 3 aromatic rings. The molecule has 11 heteroatoms. The predicted octanol–water partition coefficient (Wildman–Crippen LogP) is 5.67. The van der Waals surface area contributed by atoms with Crippen LogP contribution in [0.3, 0.4) is 0 Å². The average Bonchev–Trinajstić information content (AvgIpc) is 3.48. The molecule has 1 saturated carbocycles. The van der Waals surface area contributed by atoms with E-state index in [2.05, 4.69) is 5.32 Å². The van der Waals surface area contributed by atoms with Gasteiger partial charge < -0.3 is 15.0 Å². The summed E-state index contributed by atoms with van der Waals surface area (Å²) < 4.78 is 34.4. The maximum absolute atomic E-state index is 14.1. The van der Waals surface area contributed by atoms with Crippen LogP contribution in [0.25, 0.3) is 0 Å². The monoisotopic (exact) mass is 617 g/mol. The van der Waals surface area contributed by atoms with Crippen molar-refractivity contribution < 1.29 is 22.7 Å². The summed E-state index contributed by atoms with van der Waals surface area (Å²) in [4.78, 5) is 28.8. The molecule has 1 unspecified atom stereocenters. The molecule has 218 valence electrons. The van der Waals surface area contributed by atoms with Gasteiger partial charge in [-0.25, -0.2) is 8.42 Å². The molecule has 4 rings (SSSR count). The molecule has 1 N–H and O–H groups in total. The molecule has 0 bridgehead atoms. The summed E-state index contributed by atoms with van der Waals surface area (Å²) in [6.07, 6.45) is 3.86. The van der Waals surface area contributed by atoms with Gasteiger partial charge in [-0.1, -0.05) is 66.4 Å². The maximum Gasteiger partial charge on any atom is 0.264 e. The van der Waals surface area contributed by atoms with Gasteiger partial charge in [-0.05, 0) is 67.8 Å². The van der Waals surface area contributed by atoms with Crippen LogP contribution in [-0.4, -0.2) is 50.9 Å². The number of rotatable bonds is 11. The molecule has 0 heterocycles. The SMILES string of the molecule is COc1ccc(Cl)cc1N(CC(=O)N(Cc1ccc(Cl)cc1)C(C)C(=O)NC1CCCC1)S(=O)(=O)c1ccccc1. The van der Waals surface area contributed by atoms with Crippen molar-refractivity contribution in [1.82, 2.24) is 10.2 Å². The highest BCUT2D eigenvalue weighted by Gasteiger charge is 2.34. The number of hydrogen-bond donors (Lipinski definition) is 1. The van der Waals surface area contributed by atoms with Gasteiger partial charge >= 0.3 is 0 Å². The summed E-state index contributed by atoms with van der Waals surface area (Å²) in [5.74, 6) is -0.648. The summed E-state index contributed by atoms with van der Waals surface area (Å²) in [7, 11) is -2.84. The van der Waals surface area contributed by atoms with Crippen LogP contribution in [0.1, 0.15) is 38.2 Å². The van der Waals surface area contributed by atoms with Gasteiger partial charge in [0.2, 0.25) is 11.8 Å². The Labute approximate surface area is 251 Å². The molecule has 0 aliphatic heterocycles. The third kappa shape index (κ3) is 7.52. The van der Waals surface area contributed by atoms with Gasteiger partial charge in [0.15, 0.2) is 0 Å². The zero-order valence-electron chi connectivity index (χ0n) is 22.9. The largest absolute Gasteiger partial charge is 0.495 e. The van der Waals surface area contributed by atoms with Crippen LogP contribution in [0.2, 0.25) is 10.0 Å². The molecule has 1 fully saturated rings. The minimum absolute atomic E-state index is 0.00824. The molecule has 0 radical (unpaired) electrons. The van der Waals surface area contributed by atoms with Crippen LogP contribution in [0.5, 0.6) is 5.75 Å². The van der Waals surface area contributed by atoms with Crippen molar-refractivity contribution in [3.63, 3.8) is 0 Å². The molecule has 1 aliphatic carbocycles. The lowest BCUT2D eigenvalue weighted by atomic mass is 10.1. The first kappa shape index (κ1) is 30.7. The lowest BCUT2D eigenvalue weighted by Crippen LogP contribution is -2.52. The van der Waals surface area contributed by atoms with E-state index in [1.165, 1.54) is 30.2 Å². The van der Waals surface area contributed by atoms with Gasteiger partial charge in [-0.3, -0.25) is 13.9 Å². The molecule has 2 amide bonds. The minimum Gasteiger partial charge on any atom is -0.495 e. The average molecular weight is 619 g/mol. The highest BCUT2D eigenvalue weighted by Crippen LogP contribution is 2.35. The second-order valence-electron chi connectivity index (χ2n) is 9.95. The lowest BCUT2D eigenvalue weighted by Gasteiger charge is -2.33. The Hall–Kier alpha value is -3.27. The fourth-order valence-corrected chi connectivity index (χ4v) is 6.58. The van der Waals surface area contributed by atoms with Crippen LogP contribution < -0.4 is 14.4 Å². The number of carbonyl (C=O) groups is 2. The molecular weight excluding hydrogens is 585 g/mol. The molecular formula is C30H33Cl2N3O5S. The fraction of sp³-hybridized carbons (Fsp3) is 0.333. The minimum atomic E-state index is -4.25. The quantitative estimate of drug-likeness (QED) is 0.299. The van der Waals surface area contributed by atoms with Gasteiger partial charge in [0, 0.05) is 22.6 Å². The molecule has 41 heavy (non-hydrogen) atoms. The zero-order valence-corrected chi connectivity index (χ0v) is 25.3. The van der Waals surface area contributed by atoms with Gasteiger partial charge in [-0.2, -0.15) is 0 Å². The molecule has 0 spiro atoms. The maximum atomic E-state index is 14.1. The molecule has 0 saturated heterocycles. The third-order valence-electron chi connectivity index (χ3n) is 7.15. The molecule has 0 aromatic heterocycles. The first-order valence-electron chi connectivity index (χ1n) is 13.4. The van der Waals surface area contributed by atoms with Crippen molar-refractivity contribution in [2.24, 2.45) is 0 Å². The number of nitrogens with zero attached hydrogens (tertiary/aromatic N) is 2. The number of hydrogen-bond acceptors (Lipinski definition) is 5. The van der Waals surface area contributed by atoms with E-state index in [9.17, 15) is 18.0 Å². The van der Waals surface area contributed by atoms with E-state index in [4.69, 9.17) is 27.9 Å². The molecule has 3 aromatic carbocycles. The Morgan fingerprint density at radius 2 is 1.61 bits per heavy atom. The van der Waals surface area contributed by atoms with E-state index >= 15 is 0 Å². The molecule has 1 atom stereocenters. The topological polar surface area (TPSA) is 96.0 Å². The van der Waals surface area contributed by atoms with E-state index in [0.29, 0.717) is 5.02 Å². The van der Waals surface area contributed by atoms with Crippen molar-refractivity contribution in [1.29, 1.82) is 0 Å². The van der Waals surface area contributed by atoms with E-state index in [1.807, 2.05) is 0 Å². The van der Waals surface area contributed by atoms with Gasteiger partial charge in [-0.15, -0.1) is 0 Å². The number of amides is 2. The van der Waals surface area contributed by atoms with E-state index < -0.39 is 28.5 Å². The predicted molar refractivity (Wildman–Crippen MR) is 161 cm³/mol. The first-order chi connectivity index (χ1) is 19.6. The van der Waals surface area contributed by atoms with Crippen LogP contribution in [0.4, 0.5) is 5.69 Å². The van der Waals surface area contributed by atoms with Gasteiger partial charge in [0.1, 0.15) is 18.3 Å². The van der Waals surface area contributed by atoms with Crippen molar-refractivity contribution in [3.05, 3.63) is 88.4 Å². The highest BCUT2D eigenvalue weighted by atomic mass is 35.5. The summed E-state index contributed by atoms with van der Waals surface area (Å²) in [5, 5.41) is 3.85. The first-order valence-corrected chi connectivity index (χ1v) is 15.6. The number of ether oxygens (including phenoxy) is 1. The number of methoxy groups -OCH3 is 1. The van der Waals surface area contributed by atoms with Crippen LogP contribution in [-0.2, 0) is 26.2 Å². The number of sulfonamides is 1. The van der Waals surface area contributed by atoms with Crippen LogP contribution in [0.15, 0.2) is 77.7 Å². The Bertz CT molecular complexity index is 1460. The number of anilines is 1. The fourth-order valence-electron chi connectivity index (χ4n) is 4.85. The van der Waals surface area contributed by atoms with E-state index in [0.717, 1.165) is 35.6 Å². The Kier molecular flexibility index (Phi) is 10.2. The summed E-state index contributed by atoms with van der Waals surface area (Å²) in [5.41, 5.74) is 0.841. The van der Waals surface area contributed by atoms with Crippen molar-refractivity contribution in [2.45, 2.75) is 56.1 Å². The van der Waals surface area contributed by atoms with E-state index in [-0.39, 0.29) is 39.8 Å². The lowest BCUT2D eigenvalue weighted by molar-refractivity contribution is -0.139. The number of benzene rings is 3. The van der Waals surface area contributed by atoms with Crippen molar-refractivity contribution >= 4 is 50.7 Å². The van der Waals surface area contributed by atoms with Crippen LogP contribution >= 0.6 is 23.2 Å². The normalized spacial score (nSPS) is 14.3.